The minimum atomic E-state index is -0.215. The highest BCUT2D eigenvalue weighted by Gasteiger charge is 2.17. The average Bonchev–Trinajstić information content (AvgIpc) is 2.16. The third-order valence-electron chi connectivity index (χ3n) is 1.92. The van der Waals surface area contributed by atoms with Gasteiger partial charge in [0, 0.05) is 9.80 Å². The highest BCUT2D eigenvalue weighted by atomic mass is 79.9. The van der Waals surface area contributed by atoms with Gasteiger partial charge in [0.2, 0.25) is 0 Å². The van der Waals surface area contributed by atoms with Crippen molar-refractivity contribution in [1.82, 2.24) is 0 Å². The Morgan fingerprint density at radius 1 is 1.50 bits per heavy atom. The summed E-state index contributed by atoms with van der Waals surface area (Å²) in [7, 11) is 0. The van der Waals surface area contributed by atoms with E-state index in [0.29, 0.717) is 0 Å². The molecule has 1 unspecified atom stereocenters. The van der Waals surface area contributed by atoms with Crippen LogP contribution >= 0.6 is 47.8 Å². The second-order valence-electron chi connectivity index (χ2n) is 2.91. The van der Waals surface area contributed by atoms with Crippen LogP contribution < -0.4 is 0 Å². The largest absolute Gasteiger partial charge is 0.298 e. The van der Waals surface area contributed by atoms with Crippen molar-refractivity contribution in [3.63, 3.8) is 0 Å². The van der Waals surface area contributed by atoms with E-state index in [1.807, 2.05) is 18.2 Å². The van der Waals surface area contributed by atoms with Gasteiger partial charge in [0.1, 0.15) is 5.78 Å². The number of hydrogen-bond donors (Lipinski definition) is 0. The molecule has 1 nitrogen and oxygen atoms in total. The van der Waals surface area contributed by atoms with Gasteiger partial charge < -0.3 is 0 Å². The molecule has 0 spiro atoms. The molecule has 0 amide bonds. The highest BCUT2D eigenvalue weighted by Crippen LogP contribution is 2.32. The molecule has 0 bridgehead atoms. The number of hydrogen-bond acceptors (Lipinski definition) is 1. The maximum absolute atomic E-state index is 11.2. The van der Waals surface area contributed by atoms with E-state index in [4.69, 9.17) is 0 Å². The van der Waals surface area contributed by atoms with Crippen LogP contribution in [0.1, 0.15) is 22.9 Å². The Kier molecular flexibility index (Phi) is 4.80. The molecule has 0 heterocycles. The summed E-state index contributed by atoms with van der Waals surface area (Å²) in [6.45, 7) is 1.58. The lowest BCUT2D eigenvalue weighted by Crippen LogP contribution is -2.04. The van der Waals surface area contributed by atoms with E-state index in [1.54, 1.807) is 6.92 Å². The van der Waals surface area contributed by atoms with Gasteiger partial charge in [0.05, 0.1) is 4.83 Å². The second kappa shape index (κ2) is 5.42. The van der Waals surface area contributed by atoms with Crippen LogP contribution in [0.3, 0.4) is 0 Å². The molecule has 14 heavy (non-hydrogen) atoms. The Hall–Kier alpha value is 0.330. The summed E-state index contributed by atoms with van der Waals surface area (Å²) < 4.78 is 1.03. The van der Waals surface area contributed by atoms with Crippen molar-refractivity contribution in [1.29, 1.82) is 0 Å². The lowest BCUT2D eigenvalue weighted by molar-refractivity contribution is -0.116. The van der Waals surface area contributed by atoms with Crippen LogP contribution in [0.2, 0.25) is 0 Å². The van der Waals surface area contributed by atoms with Gasteiger partial charge in [-0.05, 0) is 24.1 Å². The Labute approximate surface area is 109 Å². The highest BCUT2D eigenvalue weighted by molar-refractivity contribution is 9.11. The van der Waals surface area contributed by atoms with Crippen LogP contribution in [0.25, 0.3) is 0 Å². The summed E-state index contributed by atoms with van der Waals surface area (Å²) in [6, 6.07) is 5.87. The molecule has 0 N–H and O–H groups in total. The second-order valence-corrected chi connectivity index (χ2v) is 5.25. The zero-order valence-electron chi connectivity index (χ0n) is 7.56. The zero-order valence-corrected chi connectivity index (χ0v) is 12.3. The van der Waals surface area contributed by atoms with Crippen molar-refractivity contribution in [3.8, 4) is 0 Å². The van der Waals surface area contributed by atoms with E-state index < -0.39 is 0 Å². The molecule has 1 rings (SSSR count). The van der Waals surface area contributed by atoms with E-state index in [-0.39, 0.29) is 10.6 Å². The van der Waals surface area contributed by atoms with Crippen LogP contribution in [0.5, 0.6) is 0 Å². The Balaban J connectivity index is 3.20. The zero-order chi connectivity index (χ0) is 10.7. The molecule has 76 valence electrons. The minimum Gasteiger partial charge on any atom is -0.298 e. The summed E-state index contributed by atoms with van der Waals surface area (Å²) in [6.07, 6.45) is 0. The monoisotopic (exact) mass is 382 g/mol. The van der Waals surface area contributed by atoms with E-state index in [9.17, 15) is 4.79 Å². The van der Waals surface area contributed by atoms with Crippen molar-refractivity contribution >= 4 is 53.6 Å². The fourth-order valence-corrected chi connectivity index (χ4v) is 3.13. The standard InChI is InChI=1S/C10H9Br3O/c1-6(14)10(13)7-3-2-4-9(12)8(7)5-11/h2-4,10H,5H2,1H3. The summed E-state index contributed by atoms with van der Waals surface area (Å²) in [5.74, 6) is 0.116. The molecule has 0 aliphatic heterocycles. The fourth-order valence-electron chi connectivity index (χ4n) is 1.17. The molecule has 1 aromatic rings. The van der Waals surface area contributed by atoms with Crippen molar-refractivity contribution < 1.29 is 4.79 Å². The molecule has 0 fully saturated rings. The van der Waals surface area contributed by atoms with Crippen LogP contribution in [-0.2, 0) is 10.1 Å². The first-order valence-corrected chi connectivity index (χ1v) is 6.88. The first kappa shape index (κ1) is 12.4. The summed E-state index contributed by atoms with van der Waals surface area (Å²) in [5.41, 5.74) is 2.13. The average molecular weight is 385 g/mol. The minimum absolute atomic E-state index is 0.116. The first-order chi connectivity index (χ1) is 6.57. The molecule has 4 heteroatoms. The number of carbonyl (C=O) groups excluding carboxylic acids is 1. The van der Waals surface area contributed by atoms with E-state index in [1.165, 1.54) is 0 Å². The third kappa shape index (κ3) is 2.67. The molecule has 0 saturated heterocycles. The van der Waals surface area contributed by atoms with Crippen molar-refractivity contribution in [2.24, 2.45) is 0 Å². The molecule has 1 atom stereocenters. The smallest absolute Gasteiger partial charge is 0.147 e. The van der Waals surface area contributed by atoms with Gasteiger partial charge in [-0.3, -0.25) is 4.79 Å². The molecule has 0 aromatic heterocycles. The molecular weight excluding hydrogens is 376 g/mol. The molecular formula is C10H9Br3O. The van der Waals surface area contributed by atoms with E-state index in [0.717, 1.165) is 20.9 Å². The Morgan fingerprint density at radius 3 is 2.64 bits per heavy atom. The predicted octanol–water partition coefficient (Wildman–Crippen LogP) is 4.37. The molecule has 0 aliphatic rings. The maximum atomic E-state index is 11.2. The van der Waals surface area contributed by atoms with E-state index in [2.05, 4.69) is 47.8 Å². The van der Waals surface area contributed by atoms with Crippen molar-refractivity contribution in [2.45, 2.75) is 17.1 Å². The van der Waals surface area contributed by atoms with Crippen LogP contribution in [0, 0.1) is 0 Å². The first-order valence-electron chi connectivity index (χ1n) is 4.05. The lowest BCUT2D eigenvalue weighted by Gasteiger charge is -2.12. The maximum Gasteiger partial charge on any atom is 0.147 e. The predicted molar refractivity (Wildman–Crippen MR) is 69.1 cm³/mol. The number of Topliss-reactive ketones (excluding diaryl/α,β-unsaturated/α-hetero) is 1. The normalized spacial score (nSPS) is 12.6. The SMILES string of the molecule is CC(=O)C(Br)c1cccc(Br)c1CBr. The van der Waals surface area contributed by atoms with Gasteiger partial charge in [-0.1, -0.05) is 59.9 Å². The van der Waals surface area contributed by atoms with Gasteiger partial charge in [-0.2, -0.15) is 0 Å². The van der Waals surface area contributed by atoms with Crippen molar-refractivity contribution in [2.75, 3.05) is 0 Å². The van der Waals surface area contributed by atoms with E-state index >= 15 is 0 Å². The number of rotatable bonds is 3. The fraction of sp³-hybridized carbons (Fsp3) is 0.300. The quantitative estimate of drug-likeness (QED) is 0.707. The molecule has 1 aromatic carbocycles. The van der Waals surface area contributed by atoms with Gasteiger partial charge in [0.15, 0.2) is 0 Å². The molecule has 0 radical (unpaired) electrons. The number of alkyl halides is 2. The van der Waals surface area contributed by atoms with Gasteiger partial charge in [-0.15, -0.1) is 0 Å². The summed E-state index contributed by atoms with van der Waals surface area (Å²) in [4.78, 5) is 11.0. The number of halogens is 3. The Bertz CT molecular complexity index is 349. The van der Waals surface area contributed by atoms with Gasteiger partial charge in [0.25, 0.3) is 0 Å². The summed E-state index contributed by atoms with van der Waals surface area (Å²) >= 11 is 10.3. The van der Waals surface area contributed by atoms with Crippen LogP contribution in [-0.4, -0.2) is 5.78 Å². The molecule has 0 aliphatic carbocycles. The lowest BCUT2D eigenvalue weighted by atomic mass is 10.0. The number of ketones is 1. The number of carbonyl (C=O) groups is 1. The topological polar surface area (TPSA) is 17.1 Å². The number of benzene rings is 1. The van der Waals surface area contributed by atoms with Gasteiger partial charge in [-0.25, -0.2) is 0 Å². The van der Waals surface area contributed by atoms with Crippen molar-refractivity contribution in [3.05, 3.63) is 33.8 Å². The molecule has 0 saturated carbocycles. The Morgan fingerprint density at radius 2 is 2.14 bits per heavy atom. The third-order valence-corrected chi connectivity index (χ3v) is 4.36. The van der Waals surface area contributed by atoms with Crippen LogP contribution in [0.4, 0.5) is 0 Å². The summed E-state index contributed by atoms with van der Waals surface area (Å²) in [5, 5.41) is 0.735. The van der Waals surface area contributed by atoms with Crippen LogP contribution in [0.15, 0.2) is 22.7 Å². The van der Waals surface area contributed by atoms with Gasteiger partial charge >= 0.3 is 0 Å².